The first-order valence-corrected chi connectivity index (χ1v) is 7.67. The van der Waals surface area contributed by atoms with Crippen molar-refractivity contribution in [3.05, 3.63) is 23.8 Å². The lowest BCUT2D eigenvalue weighted by atomic mass is 10.1. The van der Waals surface area contributed by atoms with E-state index in [1.807, 2.05) is 18.7 Å². The number of hydrogen-bond donors (Lipinski definition) is 2. The third-order valence-electron chi connectivity index (χ3n) is 3.02. The number of nitrogens with two attached hydrogens (primary N) is 1. The van der Waals surface area contributed by atoms with Crippen molar-refractivity contribution in [2.45, 2.75) is 25.0 Å². The molecule has 19 heavy (non-hydrogen) atoms. The Morgan fingerprint density at radius 1 is 1.53 bits per heavy atom. The number of anilines is 1. The summed E-state index contributed by atoms with van der Waals surface area (Å²) in [5.74, 6) is 1.76. The van der Waals surface area contributed by atoms with E-state index >= 15 is 0 Å². The number of amides is 1. The summed E-state index contributed by atoms with van der Waals surface area (Å²) in [6.45, 7) is 3.19. The number of ether oxygens (including phenoxy) is 1. The van der Waals surface area contributed by atoms with Crippen molar-refractivity contribution >= 4 is 23.4 Å². The van der Waals surface area contributed by atoms with Crippen molar-refractivity contribution < 1.29 is 9.53 Å². The Morgan fingerprint density at radius 2 is 2.37 bits per heavy atom. The van der Waals surface area contributed by atoms with Crippen LogP contribution in [0, 0.1) is 0 Å². The van der Waals surface area contributed by atoms with Crippen LogP contribution < -0.4 is 15.8 Å². The van der Waals surface area contributed by atoms with Crippen LogP contribution in [0.4, 0.5) is 5.69 Å². The summed E-state index contributed by atoms with van der Waals surface area (Å²) in [5.41, 5.74) is 6.89. The van der Waals surface area contributed by atoms with E-state index in [0.29, 0.717) is 28.9 Å². The van der Waals surface area contributed by atoms with Gasteiger partial charge in [-0.25, -0.2) is 0 Å². The predicted molar refractivity (Wildman–Crippen MR) is 79.8 cm³/mol. The fourth-order valence-corrected chi connectivity index (χ4v) is 3.32. The van der Waals surface area contributed by atoms with E-state index in [-0.39, 0.29) is 5.91 Å². The van der Waals surface area contributed by atoms with Crippen molar-refractivity contribution in [3.8, 4) is 5.75 Å². The third-order valence-corrected chi connectivity index (χ3v) is 4.41. The zero-order valence-electron chi connectivity index (χ0n) is 11.1. The van der Waals surface area contributed by atoms with Gasteiger partial charge in [-0.05, 0) is 37.7 Å². The second-order valence-electron chi connectivity index (χ2n) is 4.57. The van der Waals surface area contributed by atoms with E-state index in [1.54, 1.807) is 18.2 Å². The van der Waals surface area contributed by atoms with Crippen LogP contribution in [0.1, 0.15) is 30.1 Å². The highest BCUT2D eigenvalue weighted by atomic mass is 32.2. The smallest absolute Gasteiger partial charge is 0.251 e. The predicted octanol–water partition coefficient (Wildman–Crippen LogP) is 2.29. The molecule has 1 aromatic rings. The van der Waals surface area contributed by atoms with Gasteiger partial charge in [-0.3, -0.25) is 4.79 Å². The van der Waals surface area contributed by atoms with Crippen LogP contribution in [-0.4, -0.2) is 30.1 Å². The van der Waals surface area contributed by atoms with Gasteiger partial charge in [0.05, 0.1) is 6.61 Å². The SMILES string of the molecule is CCOc1cc(N)cc(C(=O)NCC2CCCS2)c1. The molecule has 1 aliphatic rings. The number of carbonyl (C=O) groups is 1. The number of benzene rings is 1. The van der Waals surface area contributed by atoms with E-state index in [2.05, 4.69) is 5.32 Å². The number of rotatable bonds is 5. The van der Waals surface area contributed by atoms with E-state index in [0.717, 1.165) is 6.54 Å². The summed E-state index contributed by atoms with van der Waals surface area (Å²) in [6, 6.07) is 5.14. The zero-order valence-corrected chi connectivity index (χ0v) is 12.0. The maximum absolute atomic E-state index is 12.1. The molecule has 0 aromatic heterocycles. The third kappa shape index (κ3) is 4.06. The van der Waals surface area contributed by atoms with Crippen molar-refractivity contribution in [2.24, 2.45) is 0 Å². The molecule has 1 fully saturated rings. The molecule has 0 spiro atoms. The van der Waals surface area contributed by atoms with Gasteiger partial charge in [0.25, 0.3) is 5.91 Å². The Kier molecular flexibility index (Phi) is 4.96. The molecule has 0 saturated carbocycles. The van der Waals surface area contributed by atoms with Gasteiger partial charge in [-0.1, -0.05) is 0 Å². The highest BCUT2D eigenvalue weighted by Gasteiger charge is 2.17. The van der Waals surface area contributed by atoms with Crippen LogP contribution >= 0.6 is 11.8 Å². The summed E-state index contributed by atoms with van der Waals surface area (Å²) in [4.78, 5) is 12.1. The van der Waals surface area contributed by atoms with Gasteiger partial charge in [0.2, 0.25) is 0 Å². The van der Waals surface area contributed by atoms with Crippen molar-refractivity contribution in [2.75, 3.05) is 24.6 Å². The summed E-state index contributed by atoms with van der Waals surface area (Å²) in [7, 11) is 0. The minimum Gasteiger partial charge on any atom is -0.494 e. The molecule has 0 aliphatic carbocycles. The number of nitrogens with one attached hydrogen (secondary N) is 1. The molecule has 1 aliphatic heterocycles. The molecule has 3 N–H and O–H groups in total. The van der Waals surface area contributed by atoms with Gasteiger partial charge in [0, 0.05) is 29.1 Å². The van der Waals surface area contributed by atoms with Crippen LogP contribution in [0.15, 0.2) is 18.2 Å². The van der Waals surface area contributed by atoms with E-state index < -0.39 is 0 Å². The van der Waals surface area contributed by atoms with Crippen LogP contribution in [0.3, 0.4) is 0 Å². The minimum absolute atomic E-state index is 0.0826. The van der Waals surface area contributed by atoms with Gasteiger partial charge in [0.15, 0.2) is 0 Å². The van der Waals surface area contributed by atoms with Gasteiger partial charge < -0.3 is 15.8 Å². The van der Waals surface area contributed by atoms with Crippen LogP contribution in [0.5, 0.6) is 5.75 Å². The first kappa shape index (κ1) is 14.1. The fourth-order valence-electron chi connectivity index (χ4n) is 2.12. The standard InChI is InChI=1S/C14H20N2O2S/c1-2-18-12-7-10(6-11(15)8-12)14(17)16-9-13-4-3-5-19-13/h6-8,13H,2-5,9,15H2,1H3,(H,16,17). The monoisotopic (exact) mass is 280 g/mol. The number of hydrogen-bond acceptors (Lipinski definition) is 4. The summed E-state index contributed by atoms with van der Waals surface area (Å²) >= 11 is 1.93. The van der Waals surface area contributed by atoms with Crippen LogP contribution in [0.25, 0.3) is 0 Å². The normalized spacial score (nSPS) is 18.3. The summed E-state index contributed by atoms with van der Waals surface area (Å²) in [5, 5.41) is 3.52. The van der Waals surface area contributed by atoms with Gasteiger partial charge in [-0.2, -0.15) is 11.8 Å². The van der Waals surface area contributed by atoms with E-state index in [1.165, 1.54) is 18.6 Å². The number of carbonyl (C=O) groups excluding carboxylic acids is 1. The Balaban J connectivity index is 1.97. The molecule has 1 unspecified atom stereocenters. The quantitative estimate of drug-likeness (QED) is 0.812. The fraction of sp³-hybridized carbons (Fsp3) is 0.500. The Bertz CT molecular complexity index is 445. The highest BCUT2D eigenvalue weighted by Crippen LogP contribution is 2.25. The highest BCUT2D eigenvalue weighted by molar-refractivity contribution is 8.00. The Morgan fingerprint density at radius 3 is 3.05 bits per heavy atom. The van der Waals surface area contributed by atoms with Gasteiger partial charge in [0.1, 0.15) is 5.75 Å². The van der Waals surface area contributed by atoms with Crippen molar-refractivity contribution in [3.63, 3.8) is 0 Å². The molecule has 1 aromatic carbocycles. The number of thioether (sulfide) groups is 1. The molecule has 5 heteroatoms. The van der Waals surface area contributed by atoms with Gasteiger partial charge in [-0.15, -0.1) is 0 Å². The lowest BCUT2D eigenvalue weighted by Crippen LogP contribution is -2.29. The molecule has 0 bridgehead atoms. The molecule has 1 saturated heterocycles. The molecule has 2 rings (SSSR count). The molecular weight excluding hydrogens is 260 g/mol. The lowest BCUT2D eigenvalue weighted by Gasteiger charge is -2.11. The first-order valence-electron chi connectivity index (χ1n) is 6.62. The van der Waals surface area contributed by atoms with Gasteiger partial charge >= 0.3 is 0 Å². The maximum atomic E-state index is 12.1. The van der Waals surface area contributed by atoms with Crippen LogP contribution in [0.2, 0.25) is 0 Å². The van der Waals surface area contributed by atoms with Crippen molar-refractivity contribution in [1.82, 2.24) is 5.32 Å². The van der Waals surface area contributed by atoms with Crippen LogP contribution in [-0.2, 0) is 0 Å². The average Bonchev–Trinajstić information content (AvgIpc) is 2.88. The topological polar surface area (TPSA) is 64.3 Å². The summed E-state index contributed by atoms with van der Waals surface area (Å²) in [6.07, 6.45) is 2.43. The second-order valence-corrected chi connectivity index (χ2v) is 5.98. The molecular formula is C14H20N2O2S. The molecule has 1 heterocycles. The minimum atomic E-state index is -0.0826. The Labute approximate surface area is 118 Å². The average molecular weight is 280 g/mol. The maximum Gasteiger partial charge on any atom is 0.251 e. The first-order chi connectivity index (χ1) is 9.19. The summed E-state index contributed by atoms with van der Waals surface area (Å²) < 4.78 is 5.39. The number of nitrogen functional groups attached to an aromatic ring is 1. The van der Waals surface area contributed by atoms with Crippen molar-refractivity contribution in [1.29, 1.82) is 0 Å². The largest absolute Gasteiger partial charge is 0.494 e. The Hall–Kier alpha value is -1.36. The van der Waals surface area contributed by atoms with E-state index in [9.17, 15) is 4.79 Å². The second kappa shape index (κ2) is 6.70. The molecule has 1 atom stereocenters. The molecule has 0 radical (unpaired) electrons. The molecule has 1 amide bonds. The van der Waals surface area contributed by atoms with E-state index in [4.69, 9.17) is 10.5 Å². The zero-order chi connectivity index (χ0) is 13.7. The lowest BCUT2D eigenvalue weighted by molar-refractivity contribution is 0.0953. The molecule has 104 valence electrons. The molecule has 4 nitrogen and oxygen atoms in total.